The first-order valence-electron chi connectivity index (χ1n) is 16.1. The van der Waals surface area contributed by atoms with Crippen LogP contribution in [0, 0.1) is 39.4 Å². The maximum absolute atomic E-state index is 13.0. The first kappa shape index (κ1) is 31.7. The first-order valence-corrected chi connectivity index (χ1v) is 16.7. The van der Waals surface area contributed by atoms with Crippen LogP contribution in [0.5, 0.6) is 0 Å². The molecule has 0 heterocycles. The zero-order valence-electron chi connectivity index (χ0n) is 26.9. The number of carbonyl (C=O) groups excluding carboxylic acids is 2. The predicted octanol–water partition coefficient (Wildman–Crippen LogP) is 8.46. The van der Waals surface area contributed by atoms with Gasteiger partial charge < -0.3 is 10.1 Å². The summed E-state index contributed by atoms with van der Waals surface area (Å²) in [6.07, 6.45) is 14.3. The molecule has 0 aliphatic heterocycles. The molecule has 0 aromatic carbocycles. The highest BCUT2D eigenvalue weighted by molar-refractivity contribution is 7.80. The minimum Gasteiger partial charge on any atom is -0.460 e. The smallest absolute Gasteiger partial charge is 0.329 e. The van der Waals surface area contributed by atoms with E-state index in [1.165, 1.54) is 63.9 Å². The zero-order chi connectivity index (χ0) is 29.7. The third-order valence-corrected chi connectivity index (χ3v) is 13.1. The van der Waals surface area contributed by atoms with E-state index in [-0.39, 0.29) is 34.6 Å². The number of ether oxygens (including phenoxy) is 1. The van der Waals surface area contributed by atoms with Crippen molar-refractivity contribution in [2.75, 3.05) is 5.75 Å². The SMILES string of the molecule is CC(=O)N[C@@H](CS)C(=O)O[C@H]1CC[C@]2(C)C3=C(CC[C@H]2C1(C)C)[C@]1(C)CCC([C@H](C)CCC=C(C)C)[C@@]1(C)CC3. The van der Waals surface area contributed by atoms with E-state index in [1.54, 1.807) is 5.57 Å². The molecular formula is C35H57NO3S. The molecular weight excluding hydrogens is 514 g/mol. The van der Waals surface area contributed by atoms with Crippen molar-refractivity contribution in [2.45, 2.75) is 139 Å². The maximum atomic E-state index is 13.0. The van der Waals surface area contributed by atoms with E-state index < -0.39 is 6.04 Å². The molecule has 4 aliphatic rings. The van der Waals surface area contributed by atoms with Gasteiger partial charge in [0.15, 0.2) is 0 Å². The number of nitrogens with one attached hydrogen (secondary N) is 1. The molecule has 1 amide bonds. The van der Waals surface area contributed by atoms with Gasteiger partial charge in [-0.3, -0.25) is 4.79 Å². The molecule has 0 aromatic rings. The van der Waals surface area contributed by atoms with E-state index in [1.807, 2.05) is 5.57 Å². The number of hydrogen-bond acceptors (Lipinski definition) is 4. The number of hydrogen-bond donors (Lipinski definition) is 2. The number of allylic oxidation sites excluding steroid dienone is 4. The topological polar surface area (TPSA) is 55.4 Å². The Morgan fingerprint density at radius 2 is 1.70 bits per heavy atom. The fourth-order valence-electron chi connectivity index (χ4n) is 10.3. The van der Waals surface area contributed by atoms with Crippen LogP contribution >= 0.6 is 12.6 Å². The molecule has 1 unspecified atom stereocenters. The average Bonchev–Trinajstić information content (AvgIpc) is 3.15. The van der Waals surface area contributed by atoms with Gasteiger partial charge >= 0.3 is 5.97 Å². The molecule has 0 spiro atoms. The van der Waals surface area contributed by atoms with E-state index >= 15 is 0 Å². The number of amides is 1. The van der Waals surface area contributed by atoms with Gasteiger partial charge in [0.25, 0.3) is 0 Å². The van der Waals surface area contributed by atoms with Gasteiger partial charge in [-0.05, 0) is 112 Å². The third-order valence-electron chi connectivity index (χ3n) is 12.7. The highest BCUT2D eigenvalue weighted by Crippen LogP contribution is 2.72. The normalized spacial score (nSPS) is 37.9. The lowest BCUT2D eigenvalue weighted by Crippen LogP contribution is -2.56. The Kier molecular flexibility index (Phi) is 9.08. The Hall–Kier alpha value is -1.23. The summed E-state index contributed by atoms with van der Waals surface area (Å²) < 4.78 is 6.16. The zero-order valence-corrected chi connectivity index (χ0v) is 27.8. The first-order chi connectivity index (χ1) is 18.6. The van der Waals surface area contributed by atoms with Crippen molar-refractivity contribution in [3.05, 3.63) is 22.8 Å². The second kappa shape index (κ2) is 11.5. The minimum absolute atomic E-state index is 0.127. The highest BCUT2D eigenvalue weighted by atomic mass is 32.1. The summed E-state index contributed by atoms with van der Waals surface area (Å²) in [6.45, 7) is 20.8. The van der Waals surface area contributed by atoms with Gasteiger partial charge in [0.1, 0.15) is 12.1 Å². The lowest BCUT2D eigenvalue weighted by Gasteiger charge is -2.62. The van der Waals surface area contributed by atoms with Crippen LogP contribution in [-0.2, 0) is 14.3 Å². The van der Waals surface area contributed by atoms with Crippen molar-refractivity contribution in [2.24, 2.45) is 39.4 Å². The van der Waals surface area contributed by atoms with Crippen LogP contribution < -0.4 is 5.32 Å². The van der Waals surface area contributed by atoms with Gasteiger partial charge in [-0.2, -0.15) is 12.6 Å². The number of carbonyl (C=O) groups is 2. The van der Waals surface area contributed by atoms with E-state index in [0.717, 1.165) is 24.7 Å². The van der Waals surface area contributed by atoms with Crippen molar-refractivity contribution in [3.63, 3.8) is 0 Å². The van der Waals surface area contributed by atoms with E-state index in [4.69, 9.17) is 4.74 Å². The molecule has 8 atom stereocenters. The van der Waals surface area contributed by atoms with E-state index in [2.05, 4.69) is 79.4 Å². The van der Waals surface area contributed by atoms with Crippen LogP contribution in [0.1, 0.15) is 127 Å². The lowest BCUT2D eigenvalue weighted by atomic mass is 9.43. The van der Waals surface area contributed by atoms with Crippen molar-refractivity contribution >= 4 is 24.5 Å². The number of thiol groups is 1. The van der Waals surface area contributed by atoms with Crippen molar-refractivity contribution in [1.29, 1.82) is 0 Å². The largest absolute Gasteiger partial charge is 0.460 e. The van der Waals surface area contributed by atoms with Crippen LogP contribution in [0.15, 0.2) is 22.8 Å². The molecule has 0 radical (unpaired) electrons. The van der Waals surface area contributed by atoms with Crippen LogP contribution in [0.4, 0.5) is 0 Å². The van der Waals surface area contributed by atoms with Crippen molar-refractivity contribution < 1.29 is 14.3 Å². The number of rotatable bonds is 8. The fraction of sp³-hybridized carbons (Fsp3) is 0.829. The van der Waals surface area contributed by atoms with Gasteiger partial charge in [0.05, 0.1) is 0 Å². The Bertz CT molecular complexity index is 1060. The summed E-state index contributed by atoms with van der Waals surface area (Å²) in [5, 5.41) is 2.70. The second-order valence-electron chi connectivity index (χ2n) is 15.4. The maximum Gasteiger partial charge on any atom is 0.329 e. The molecule has 4 rings (SSSR count). The van der Waals surface area contributed by atoms with Crippen molar-refractivity contribution in [3.8, 4) is 0 Å². The van der Waals surface area contributed by atoms with Gasteiger partial charge in [-0.1, -0.05) is 64.3 Å². The van der Waals surface area contributed by atoms with E-state index in [9.17, 15) is 9.59 Å². The molecule has 4 nitrogen and oxygen atoms in total. The molecule has 2 saturated carbocycles. The van der Waals surface area contributed by atoms with Gasteiger partial charge in [0, 0.05) is 18.1 Å². The Morgan fingerprint density at radius 3 is 2.33 bits per heavy atom. The second-order valence-corrected chi connectivity index (χ2v) is 15.8. The standard InChI is InChI=1S/C35H57NO3S/c1-22(2)11-10-12-23(3)25-15-19-35(9)27-13-14-29-32(5,6)30(39-31(38)28(21-40)36-24(4)37)17-18-33(29,7)26(27)16-20-34(25,35)8/h11,23,25,28-30,40H,10,12-21H2,1-9H3,(H,36,37)/t23-,25?,28+,29+,30+,33-,34-,35+/m1/s1. The Balaban J connectivity index is 1.56. The van der Waals surface area contributed by atoms with Crippen LogP contribution in [-0.4, -0.2) is 29.8 Å². The van der Waals surface area contributed by atoms with Crippen LogP contribution in [0.25, 0.3) is 0 Å². The average molecular weight is 572 g/mol. The van der Waals surface area contributed by atoms with E-state index in [0.29, 0.717) is 16.7 Å². The summed E-state index contributed by atoms with van der Waals surface area (Å²) in [5.74, 6) is 1.71. The summed E-state index contributed by atoms with van der Waals surface area (Å²) in [5.41, 5.74) is 5.74. The number of fused-ring (bicyclic) bond motifs is 4. The molecule has 4 aliphatic carbocycles. The summed E-state index contributed by atoms with van der Waals surface area (Å²) in [4.78, 5) is 24.6. The fourth-order valence-corrected chi connectivity index (χ4v) is 10.5. The van der Waals surface area contributed by atoms with Crippen LogP contribution in [0.2, 0.25) is 0 Å². The predicted molar refractivity (Wildman–Crippen MR) is 168 cm³/mol. The molecule has 0 bridgehead atoms. The Morgan fingerprint density at radius 1 is 1.00 bits per heavy atom. The monoisotopic (exact) mass is 571 g/mol. The highest BCUT2D eigenvalue weighted by Gasteiger charge is 2.63. The summed E-state index contributed by atoms with van der Waals surface area (Å²) in [7, 11) is 0. The molecule has 5 heteroatoms. The molecule has 1 N–H and O–H groups in total. The molecule has 226 valence electrons. The van der Waals surface area contributed by atoms with Gasteiger partial charge in [0.2, 0.25) is 5.91 Å². The van der Waals surface area contributed by atoms with Gasteiger partial charge in [-0.25, -0.2) is 4.79 Å². The molecule has 0 aromatic heterocycles. The lowest BCUT2D eigenvalue weighted by molar-refractivity contribution is -0.172. The van der Waals surface area contributed by atoms with Gasteiger partial charge in [-0.15, -0.1) is 0 Å². The summed E-state index contributed by atoms with van der Waals surface area (Å²) in [6, 6.07) is -0.693. The quantitative estimate of drug-likeness (QED) is 0.175. The molecule has 0 saturated heterocycles. The Labute approximate surface area is 250 Å². The third kappa shape index (κ3) is 5.24. The molecule has 40 heavy (non-hydrogen) atoms. The summed E-state index contributed by atoms with van der Waals surface area (Å²) >= 11 is 4.29. The number of esters is 1. The molecule has 2 fully saturated rings. The van der Waals surface area contributed by atoms with Crippen LogP contribution in [0.3, 0.4) is 0 Å². The van der Waals surface area contributed by atoms with Crippen molar-refractivity contribution in [1.82, 2.24) is 5.32 Å². The minimum atomic E-state index is -0.693.